The van der Waals surface area contributed by atoms with E-state index >= 15 is 0 Å². The number of unbranched alkanes of at least 4 members (excludes halogenated alkanes) is 2. The normalized spacial score (nSPS) is 15.9. The third-order valence-corrected chi connectivity index (χ3v) is 7.49. The maximum Gasteiger partial charge on any atom is 0.332 e. The first-order chi connectivity index (χ1) is 17.0. The van der Waals surface area contributed by atoms with Crippen LogP contribution in [0.5, 0.6) is 0 Å². The van der Waals surface area contributed by atoms with E-state index in [1.54, 1.807) is 11.4 Å². The molecule has 3 aromatic rings. The molecule has 0 saturated carbocycles. The molecule has 9 heteroatoms. The molecule has 1 saturated heterocycles. The molecular formula is C26H32N4O4S. The monoisotopic (exact) mass is 496 g/mol. The Balaban J connectivity index is 1.40. The lowest BCUT2D eigenvalue weighted by Crippen LogP contribution is -2.46. The van der Waals surface area contributed by atoms with Gasteiger partial charge in [0.2, 0.25) is 11.8 Å². The van der Waals surface area contributed by atoms with Gasteiger partial charge in [-0.1, -0.05) is 24.6 Å². The van der Waals surface area contributed by atoms with Crippen LogP contribution in [-0.2, 0) is 22.7 Å². The predicted octanol–water partition coefficient (Wildman–Crippen LogP) is 3.82. The minimum atomic E-state index is -0.444. The summed E-state index contributed by atoms with van der Waals surface area (Å²) in [4.78, 5) is 53.2. The molecule has 0 radical (unpaired) electrons. The number of nitrogens with zero attached hydrogens (tertiary/aromatic N) is 3. The Labute approximate surface area is 208 Å². The summed E-state index contributed by atoms with van der Waals surface area (Å²) >= 11 is 1.29. The van der Waals surface area contributed by atoms with E-state index < -0.39 is 5.69 Å². The molecular weight excluding hydrogens is 464 g/mol. The Hall–Kier alpha value is -3.20. The van der Waals surface area contributed by atoms with Gasteiger partial charge in [0.25, 0.3) is 5.56 Å². The number of fused-ring (bicyclic) bond motifs is 1. The molecule has 4 rings (SSSR count). The van der Waals surface area contributed by atoms with E-state index in [4.69, 9.17) is 0 Å². The SMILES string of the molecule is C[C@@H]1CCCCN1C(=O)Cn1c(=O)n(CCCCCC(=O)Nc2ccccc2)c(=O)c2sccc21. The Kier molecular flexibility index (Phi) is 8.17. The van der Waals surface area contributed by atoms with E-state index in [1.807, 2.05) is 42.2 Å². The summed E-state index contributed by atoms with van der Waals surface area (Å²) in [6.07, 6.45) is 5.40. The number of aromatic nitrogens is 2. The van der Waals surface area contributed by atoms with Gasteiger partial charge in [-0.05, 0) is 62.6 Å². The van der Waals surface area contributed by atoms with Gasteiger partial charge < -0.3 is 10.2 Å². The molecule has 1 aliphatic heterocycles. The van der Waals surface area contributed by atoms with Gasteiger partial charge in [0, 0.05) is 31.2 Å². The van der Waals surface area contributed by atoms with Gasteiger partial charge in [-0.2, -0.15) is 0 Å². The van der Waals surface area contributed by atoms with Crippen molar-refractivity contribution < 1.29 is 9.59 Å². The second kappa shape index (κ2) is 11.5. The second-order valence-corrected chi connectivity index (χ2v) is 10.0. The lowest BCUT2D eigenvalue weighted by molar-refractivity contribution is -0.135. The average Bonchev–Trinajstić information content (AvgIpc) is 3.34. The maximum absolute atomic E-state index is 13.3. The van der Waals surface area contributed by atoms with Crippen molar-refractivity contribution in [2.24, 2.45) is 0 Å². The Morgan fingerprint density at radius 2 is 1.83 bits per heavy atom. The van der Waals surface area contributed by atoms with Crippen molar-refractivity contribution in [1.29, 1.82) is 0 Å². The van der Waals surface area contributed by atoms with E-state index in [0.717, 1.165) is 24.9 Å². The predicted molar refractivity (Wildman–Crippen MR) is 139 cm³/mol. The fourth-order valence-corrected chi connectivity index (χ4v) is 5.50. The van der Waals surface area contributed by atoms with Crippen molar-refractivity contribution in [3.05, 3.63) is 62.6 Å². The molecule has 1 N–H and O–H groups in total. The number of benzene rings is 1. The molecule has 0 unspecified atom stereocenters. The van der Waals surface area contributed by atoms with E-state index in [1.165, 1.54) is 20.5 Å². The van der Waals surface area contributed by atoms with Crippen molar-refractivity contribution in [3.8, 4) is 0 Å². The number of anilines is 1. The number of piperidine rings is 1. The molecule has 0 bridgehead atoms. The van der Waals surface area contributed by atoms with Crippen LogP contribution < -0.4 is 16.6 Å². The third kappa shape index (κ3) is 5.90. The highest BCUT2D eigenvalue weighted by Gasteiger charge is 2.25. The van der Waals surface area contributed by atoms with Crippen LogP contribution in [0.4, 0.5) is 5.69 Å². The van der Waals surface area contributed by atoms with Gasteiger partial charge in [0.05, 0.1) is 5.52 Å². The minimum Gasteiger partial charge on any atom is -0.338 e. The first-order valence-electron chi connectivity index (χ1n) is 12.3. The number of nitrogens with one attached hydrogen (secondary N) is 1. The zero-order chi connectivity index (χ0) is 24.8. The number of amides is 2. The molecule has 0 aliphatic carbocycles. The summed E-state index contributed by atoms with van der Waals surface area (Å²) in [5.74, 6) is -0.136. The van der Waals surface area contributed by atoms with E-state index in [0.29, 0.717) is 42.4 Å². The minimum absolute atomic E-state index is 0.0545. The average molecular weight is 497 g/mol. The molecule has 2 amide bonds. The maximum atomic E-state index is 13.3. The number of likely N-dealkylation sites (tertiary alicyclic amines) is 1. The zero-order valence-electron chi connectivity index (χ0n) is 20.1. The highest BCUT2D eigenvalue weighted by Crippen LogP contribution is 2.19. The number of thiophene rings is 1. The molecule has 8 nitrogen and oxygen atoms in total. The number of rotatable bonds is 9. The first kappa shape index (κ1) is 24.9. The van der Waals surface area contributed by atoms with Gasteiger partial charge in [-0.3, -0.25) is 23.5 Å². The first-order valence-corrected chi connectivity index (χ1v) is 13.2. The summed E-state index contributed by atoms with van der Waals surface area (Å²) in [7, 11) is 0. The van der Waals surface area contributed by atoms with Crippen LogP contribution in [0.2, 0.25) is 0 Å². The fourth-order valence-electron chi connectivity index (χ4n) is 4.66. The molecule has 1 fully saturated rings. The Bertz CT molecular complexity index is 1290. The lowest BCUT2D eigenvalue weighted by Gasteiger charge is -2.33. The van der Waals surface area contributed by atoms with Gasteiger partial charge >= 0.3 is 5.69 Å². The van der Waals surface area contributed by atoms with Crippen molar-refractivity contribution in [2.45, 2.75) is 71.0 Å². The van der Waals surface area contributed by atoms with Crippen molar-refractivity contribution >= 4 is 39.1 Å². The molecule has 1 aliphatic rings. The number of carbonyl (C=O) groups is 2. The van der Waals surface area contributed by atoms with Crippen LogP contribution in [-0.4, -0.2) is 38.4 Å². The van der Waals surface area contributed by atoms with Crippen LogP contribution >= 0.6 is 11.3 Å². The van der Waals surface area contributed by atoms with Crippen molar-refractivity contribution in [3.63, 3.8) is 0 Å². The molecule has 2 aromatic heterocycles. The second-order valence-electron chi connectivity index (χ2n) is 9.12. The summed E-state index contributed by atoms with van der Waals surface area (Å²) in [6, 6.07) is 11.2. The molecule has 1 atom stereocenters. The number of hydrogen-bond donors (Lipinski definition) is 1. The quantitative estimate of drug-likeness (QED) is 0.456. The molecule has 186 valence electrons. The van der Waals surface area contributed by atoms with Gasteiger partial charge in [0.15, 0.2) is 0 Å². The third-order valence-electron chi connectivity index (χ3n) is 6.60. The van der Waals surface area contributed by atoms with Crippen LogP contribution in [0.15, 0.2) is 51.4 Å². The van der Waals surface area contributed by atoms with Crippen LogP contribution in [0.1, 0.15) is 51.9 Å². The molecule has 3 heterocycles. The summed E-state index contributed by atoms with van der Waals surface area (Å²) in [5.41, 5.74) is 0.539. The number of hydrogen-bond acceptors (Lipinski definition) is 5. The van der Waals surface area contributed by atoms with Crippen LogP contribution in [0, 0.1) is 0 Å². The van der Waals surface area contributed by atoms with Crippen molar-refractivity contribution in [2.75, 3.05) is 11.9 Å². The molecule has 35 heavy (non-hydrogen) atoms. The highest BCUT2D eigenvalue weighted by molar-refractivity contribution is 7.17. The standard InChI is InChI=1S/C26H32N4O4S/c1-19-10-7-9-15-28(19)23(32)18-30-21-14-17-35-24(21)25(33)29(26(30)34)16-8-3-6-13-22(31)27-20-11-4-2-5-12-20/h2,4-5,11-12,14,17,19H,3,6-10,13,15-16,18H2,1H3,(H,27,31)/t19-/m1/s1. The highest BCUT2D eigenvalue weighted by atomic mass is 32.1. The largest absolute Gasteiger partial charge is 0.338 e. The number of carbonyl (C=O) groups excluding carboxylic acids is 2. The number of para-hydroxylation sites is 1. The smallest absolute Gasteiger partial charge is 0.332 e. The fraction of sp³-hybridized carbons (Fsp3) is 0.462. The van der Waals surface area contributed by atoms with Gasteiger partial charge in [-0.15, -0.1) is 11.3 Å². The van der Waals surface area contributed by atoms with Crippen molar-refractivity contribution in [1.82, 2.24) is 14.0 Å². The van der Waals surface area contributed by atoms with Gasteiger partial charge in [0.1, 0.15) is 11.2 Å². The van der Waals surface area contributed by atoms with E-state index in [2.05, 4.69) is 5.32 Å². The van der Waals surface area contributed by atoms with Crippen LogP contribution in [0.25, 0.3) is 10.2 Å². The van der Waals surface area contributed by atoms with E-state index in [9.17, 15) is 19.2 Å². The molecule has 0 spiro atoms. The summed E-state index contributed by atoms with van der Waals surface area (Å²) in [6.45, 7) is 2.95. The zero-order valence-corrected chi connectivity index (χ0v) is 20.9. The topological polar surface area (TPSA) is 93.4 Å². The molecule has 1 aromatic carbocycles. The Morgan fingerprint density at radius 3 is 2.60 bits per heavy atom. The van der Waals surface area contributed by atoms with Crippen LogP contribution in [0.3, 0.4) is 0 Å². The van der Waals surface area contributed by atoms with E-state index in [-0.39, 0.29) is 36.5 Å². The summed E-state index contributed by atoms with van der Waals surface area (Å²) < 4.78 is 3.19. The Morgan fingerprint density at radius 1 is 1.03 bits per heavy atom. The lowest BCUT2D eigenvalue weighted by atomic mass is 10.0. The summed E-state index contributed by atoms with van der Waals surface area (Å²) in [5, 5.41) is 4.64. The van der Waals surface area contributed by atoms with Gasteiger partial charge in [-0.25, -0.2) is 4.79 Å².